The second kappa shape index (κ2) is 29.9. The van der Waals surface area contributed by atoms with Gasteiger partial charge < -0.3 is 69.8 Å². The number of hydrogen-bond donors (Lipinski definition) is 15. The van der Waals surface area contributed by atoms with Crippen LogP contribution in [0.5, 0.6) is 0 Å². The minimum absolute atomic E-state index is 0.0481. The number of nitrogens with zero attached hydrogens (tertiary/aromatic N) is 1. The first-order valence-corrected chi connectivity index (χ1v) is 23.1. The van der Waals surface area contributed by atoms with Crippen molar-refractivity contribution in [1.29, 1.82) is 5.41 Å². The summed E-state index contributed by atoms with van der Waals surface area (Å²) in [4.78, 5) is 116. The Hall–Kier alpha value is -6.66. The lowest BCUT2D eigenvalue weighted by Gasteiger charge is -2.31. The molecule has 1 aliphatic rings. The van der Waals surface area contributed by atoms with Crippen LogP contribution >= 0.6 is 0 Å². The number of carbonyl (C=O) groups is 8. The summed E-state index contributed by atoms with van der Waals surface area (Å²) in [6.45, 7) is 3.51. The molecule has 3 rings (SSSR count). The molecule has 8 amide bonds. The van der Waals surface area contributed by atoms with Crippen LogP contribution < -0.4 is 65.1 Å². The van der Waals surface area contributed by atoms with E-state index >= 15 is 0 Å². The van der Waals surface area contributed by atoms with E-state index in [9.17, 15) is 43.5 Å². The molecule has 1 aliphatic heterocycles. The van der Waals surface area contributed by atoms with E-state index < -0.39 is 95.8 Å². The van der Waals surface area contributed by atoms with E-state index in [0.29, 0.717) is 43.5 Å². The summed E-state index contributed by atoms with van der Waals surface area (Å²) < 4.78 is 0. The smallest absolute Gasteiger partial charge is 0.243 e. The molecule has 376 valence electrons. The van der Waals surface area contributed by atoms with Gasteiger partial charge in [-0.15, -0.1) is 0 Å². The number of amides is 8. The van der Waals surface area contributed by atoms with Crippen LogP contribution in [0, 0.1) is 5.41 Å². The first-order valence-electron chi connectivity index (χ1n) is 23.1. The Morgan fingerprint density at radius 2 is 1.57 bits per heavy atom. The third-order valence-corrected chi connectivity index (χ3v) is 11.1. The Kier molecular flexibility index (Phi) is 24.5. The van der Waals surface area contributed by atoms with E-state index in [2.05, 4.69) is 57.8 Å². The molecule has 24 nitrogen and oxygen atoms in total. The van der Waals surface area contributed by atoms with E-state index in [1.54, 1.807) is 30.3 Å². The number of primary amides is 1. The summed E-state index contributed by atoms with van der Waals surface area (Å²) in [5.74, 6) is -6.03. The monoisotopic (exact) mass is 954 g/mol. The van der Waals surface area contributed by atoms with Gasteiger partial charge in [-0.05, 0) is 63.5 Å². The number of aliphatic hydroxyl groups excluding tert-OH is 1. The standard InChI is InChI=1S/C44H71N15O9/c1-3-4-13-30(53-26(2)60)38(63)56-32-16-17-36(61)50-21-18-33(41(66)54-29(37(46)62)14-8-9-19-45)57-39(64)31(15-10-20-51-44(47)48)55-42(67)34(22-27-11-6-5-7-12-27)58-43(68)35(59-40(32)65)23-28-24-49-25-52-28/h5-7,11-12,24-25,29-35,39,57,64H,3-4,8-10,13-23,45H2,1-2H3,(H2,46,62)(H,49,52)(H,50,61)(H,53,60)(H,54,66)(H,55,67)(H,56,63)(H,58,68)(H,59,65)(H4,47,48,51)/t29-,30-,31-,32-,33-,34+,35-,39?/m0/s1. The van der Waals surface area contributed by atoms with Crippen LogP contribution in [0.25, 0.3) is 0 Å². The van der Waals surface area contributed by atoms with Crippen molar-refractivity contribution < 1.29 is 43.5 Å². The number of aliphatic hydroxyl groups is 1. The number of benzene rings is 1. The Labute approximate surface area is 395 Å². The molecule has 1 fully saturated rings. The van der Waals surface area contributed by atoms with Crippen molar-refractivity contribution in [3.8, 4) is 0 Å². The molecule has 0 radical (unpaired) electrons. The highest BCUT2D eigenvalue weighted by Crippen LogP contribution is 2.12. The van der Waals surface area contributed by atoms with E-state index in [-0.39, 0.29) is 76.8 Å². The van der Waals surface area contributed by atoms with Crippen LogP contribution in [0.1, 0.15) is 95.7 Å². The highest BCUT2D eigenvalue weighted by Gasteiger charge is 2.35. The molecule has 1 aromatic heterocycles. The first-order chi connectivity index (χ1) is 32.5. The van der Waals surface area contributed by atoms with Crippen molar-refractivity contribution in [3.63, 3.8) is 0 Å². The molecule has 0 aliphatic carbocycles. The number of aromatic nitrogens is 2. The summed E-state index contributed by atoms with van der Waals surface area (Å²) in [5, 5.41) is 43.7. The quantitative estimate of drug-likeness (QED) is 0.0333. The number of rotatable bonds is 21. The van der Waals surface area contributed by atoms with Crippen molar-refractivity contribution in [2.75, 3.05) is 19.6 Å². The fraction of sp³-hybridized carbons (Fsp3) is 0.591. The summed E-state index contributed by atoms with van der Waals surface area (Å²) in [6, 6.07) is 0.0616. The number of imidazole rings is 1. The van der Waals surface area contributed by atoms with Gasteiger partial charge in [-0.3, -0.25) is 49.1 Å². The lowest BCUT2D eigenvalue weighted by molar-refractivity contribution is -0.135. The number of aromatic amines is 1. The molecule has 1 unspecified atom stereocenters. The molecule has 0 saturated carbocycles. The molecule has 68 heavy (non-hydrogen) atoms. The molecular weight excluding hydrogens is 883 g/mol. The van der Waals surface area contributed by atoms with Crippen molar-refractivity contribution in [2.45, 2.75) is 146 Å². The number of unbranched alkanes of at least 4 members (excludes halogenated alkanes) is 2. The Bertz CT molecular complexity index is 1960. The Morgan fingerprint density at radius 1 is 0.882 bits per heavy atom. The average Bonchev–Trinajstić information content (AvgIpc) is 3.81. The fourth-order valence-corrected chi connectivity index (χ4v) is 7.41. The highest BCUT2D eigenvalue weighted by molar-refractivity contribution is 5.96. The zero-order chi connectivity index (χ0) is 50.0. The molecule has 18 N–H and O–H groups in total. The summed E-state index contributed by atoms with van der Waals surface area (Å²) in [6.07, 6.45) is 3.28. The van der Waals surface area contributed by atoms with Gasteiger partial charge in [-0.1, -0.05) is 50.1 Å². The fourth-order valence-electron chi connectivity index (χ4n) is 7.41. The predicted octanol–water partition coefficient (Wildman–Crippen LogP) is -3.23. The van der Waals surface area contributed by atoms with E-state index in [4.69, 9.17) is 22.6 Å². The van der Waals surface area contributed by atoms with E-state index in [0.717, 1.165) is 0 Å². The number of nitrogens with one attached hydrogen (secondary N) is 11. The number of nitrogens with two attached hydrogens (primary N) is 3. The maximum absolute atomic E-state index is 14.5. The SMILES string of the molecule is CCCC[C@H](NC(C)=O)C(=O)N[C@H]1CCC(=O)NCC[C@@H](C(=O)N[C@@H](CCCCN)C(N)=O)NC(O)[C@H](CCCNC(=N)N)NC(=O)[C@@H](Cc2ccccc2)NC(=O)[C@H](Cc2c[nH]cn2)NC1=O. The normalized spacial score (nSPS) is 21.9. The van der Waals surface area contributed by atoms with Crippen molar-refractivity contribution in [1.82, 2.24) is 57.8 Å². The Balaban J connectivity index is 2.11. The number of H-pyrrole nitrogens is 1. The topological polar surface area (TPSA) is 396 Å². The van der Waals surface area contributed by atoms with Crippen molar-refractivity contribution >= 4 is 53.2 Å². The van der Waals surface area contributed by atoms with E-state index in [1.165, 1.54) is 19.4 Å². The summed E-state index contributed by atoms with van der Waals surface area (Å²) >= 11 is 0. The largest absolute Gasteiger partial charge is 0.376 e. The maximum atomic E-state index is 14.5. The summed E-state index contributed by atoms with van der Waals surface area (Å²) in [7, 11) is 0. The molecule has 0 bridgehead atoms. The van der Waals surface area contributed by atoms with Gasteiger partial charge in [0.25, 0.3) is 0 Å². The number of hydrogen-bond acceptors (Lipinski definition) is 13. The lowest BCUT2D eigenvalue weighted by Crippen LogP contribution is -2.61. The molecule has 2 aromatic rings. The molecule has 1 aromatic carbocycles. The van der Waals surface area contributed by atoms with Gasteiger partial charge in [-0.2, -0.15) is 0 Å². The molecular formula is C44H71N15O9. The zero-order valence-corrected chi connectivity index (χ0v) is 38.9. The molecule has 0 spiro atoms. The molecule has 8 atom stereocenters. The van der Waals surface area contributed by atoms with Crippen LogP contribution in [-0.2, 0) is 51.2 Å². The van der Waals surface area contributed by atoms with Crippen LogP contribution in [0.4, 0.5) is 0 Å². The third-order valence-electron chi connectivity index (χ3n) is 11.1. The maximum Gasteiger partial charge on any atom is 0.243 e. The minimum Gasteiger partial charge on any atom is -0.376 e. The number of carbonyl (C=O) groups excluding carboxylic acids is 8. The van der Waals surface area contributed by atoms with Gasteiger partial charge >= 0.3 is 0 Å². The van der Waals surface area contributed by atoms with Crippen molar-refractivity contribution in [3.05, 3.63) is 54.1 Å². The van der Waals surface area contributed by atoms with Crippen molar-refractivity contribution in [2.24, 2.45) is 17.2 Å². The van der Waals surface area contributed by atoms with E-state index in [1.807, 2.05) is 6.92 Å². The van der Waals surface area contributed by atoms with Crippen LogP contribution in [0.15, 0.2) is 42.9 Å². The third kappa shape index (κ3) is 20.5. The average molecular weight is 954 g/mol. The van der Waals surface area contributed by atoms with Gasteiger partial charge in [0.1, 0.15) is 36.4 Å². The second-order valence-corrected chi connectivity index (χ2v) is 16.7. The van der Waals surface area contributed by atoms with Gasteiger partial charge in [-0.25, -0.2) is 4.98 Å². The van der Waals surface area contributed by atoms with Crippen LogP contribution in [0.3, 0.4) is 0 Å². The summed E-state index contributed by atoms with van der Waals surface area (Å²) in [5.41, 5.74) is 17.7. The molecule has 24 heteroatoms. The number of guanidine groups is 1. The van der Waals surface area contributed by atoms with Gasteiger partial charge in [0.05, 0.1) is 24.1 Å². The van der Waals surface area contributed by atoms with Gasteiger partial charge in [0.2, 0.25) is 47.3 Å². The zero-order valence-electron chi connectivity index (χ0n) is 38.9. The lowest BCUT2D eigenvalue weighted by atomic mass is 10.0. The van der Waals surface area contributed by atoms with Crippen LogP contribution in [0.2, 0.25) is 0 Å². The van der Waals surface area contributed by atoms with Crippen LogP contribution in [-0.4, -0.2) is 136 Å². The van der Waals surface area contributed by atoms with Gasteiger partial charge in [0.15, 0.2) is 5.96 Å². The highest BCUT2D eigenvalue weighted by atomic mass is 16.3. The molecule has 1 saturated heterocycles. The second-order valence-electron chi connectivity index (χ2n) is 16.7. The molecule has 2 heterocycles. The first kappa shape index (κ1) is 55.7. The van der Waals surface area contributed by atoms with Gasteiger partial charge in [0, 0.05) is 45.5 Å². The minimum atomic E-state index is -1.66. The Morgan fingerprint density at radius 3 is 2.22 bits per heavy atom. The predicted molar refractivity (Wildman–Crippen MR) is 250 cm³/mol.